The van der Waals surface area contributed by atoms with Crippen molar-refractivity contribution in [3.05, 3.63) is 23.9 Å². The largest absolute Gasteiger partial charge is 0.352 e. The van der Waals surface area contributed by atoms with Gasteiger partial charge in [0, 0.05) is 19.3 Å². The van der Waals surface area contributed by atoms with Crippen molar-refractivity contribution in [3.63, 3.8) is 0 Å². The van der Waals surface area contributed by atoms with E-state index in [0.717, 1.165) is 32.0 Å². The number of fused-ring (bicyclic) bond motifs is 1. The standard InChI is InChI=1S/C17H26N4O3S/c1-14-5-9-20(10-6-14)8-2-7-18-17(22)15-3-4-16-19-25(23,24)12-11-21(16)13-15/h3-4,13-14H,2,5-12H2,1H3,(H,18,22). The molecule has 0 unspecified atom stereocenters. The topological polar surface area (TPSA) is 82.1 Å². The van der Waals surface area contributed by atoms with Gasteiger partial charge in [-0.05, 0) is 57.0 Å². The van der Waals surface area contributed by atoms with Crippen molar-refractivity contribution in [3.8, 4) is 0 Å². The molecule has 1 saturated heterocycles. The molecule has 0 aromatic rings. The van der Waals surface area contributed by atoms with Crippen LogP contribution < -0.4 is 5.32 Å². The molecule has 3 aliphatic rings. The van der Waals surface area contributed by atoms with Crippen LogP contribution in [0.4, 0.5) is 0 Å². The molecule has 0 atom stereocenters. The Morgan fingerprint density at radius 3 is 2.80 bits per heavy atom. The van der Waals surface area contributed by atoms with Crippen LogP contribution in [0.15, 0.2) is 28.3 Å². The van der Waals surface area contributed by atoms with Crippen LogP contribution in [0.2, 0.25) is 0 Å². The van der Waals surface area contributed by atoms with Crippen molar-refractivity contribution < 1.29 is 13.2 Å². The zero-order valence-corrected chi connectivity index (χ0v) is 15.5. The monoisotopic (exact) mass is 366 g/mol. The van der Waals surface area contributed by atoms with E-state index in [2.05, 4.69) is 21.5 Å². The summed E-state index contributed by atoms with van der Waals surface area (Å²) >= 11 is 0. The van der Waals surface area contributed by atoms with Gasteiger partial charge < -0.3 is 15.1 Å². The highest BCUT2D eigenvalue weighted by atomic mass is 32.2. The lowest BCUT2D eigenvalue weighted by Crippen LogP contribution is -2.38. The van der Waals surface area contributed by atoms with Gasteiger partial charge in [0.25, 0.3) is 15.9 Å². The fourth-order valence-corrected chi connectivity index (χ4v) is 4.20. The van der Waals surface area contributed by atoms with Gasteiger partial charge in [0.05, 0.1) is 11.3 Å². The van der Waals surface area contributed by atoms with E-state index in [1.165, 1.54) is 12.8 Å². The molecule has 3 aliphatic heterocycles. The van der Waals surface area contributed by atoms with Crippen molar-refractivity contribution in [2.75, 3.05) is 38.5 Å². The van der Waals surface area contributed by atoms with Crippen LogP contribution in [-0.4, -0.2) is 68.4 Å². The molecule has 0 bridgehead atoms. The summed E-state index contributed by atoms with van der Waals surface area (Å²) in [5, 5.41) is 2.94. The molecule has 8 heteroatoms. The van der Waals surface area contributed by atoms with E-state index in [-0.39, 0.29) is 11.7 Å². The molecule has 0 spiro atoms. The molecule has 0 aromatic carbocycles. The first kappa shape index (κ1) is 18.1. The van der Waals surface area contributed by atoms with Crippen molar-refractivity contribution in [1.82, 2.24) is 15.1 Å². The summed E-state index contributed by atoms with van der Waals surface area (Å²) in [6, 6.07) is 0. The Labute approximate surface area is 149 Å². The van der Waals surface area contributed by atoms with Crippen LogP contribution in [-0.2, 0) is 14.8 Å². The second kappa shape index (κ2) is 7.70. The first-order chi connectivity index (χ1) is 11.9. The quantitative estimate of drug-likeness (QED) is 0.725. The molecule has 138 valence electrons. The third kappa shape index (κ3) is 4.92. The molecule has 0 aliphatic carbocycles. The molecule has 25 heavy (non-hydrogen) atoms. The van der Waals surface area contributed by atoms with Gasteiger partial charge in [-0.3, -0.25) is 4.79 Å². The molecule has 0 aromatic heterocycles. The average molecular weight is 366 g/mol. The summed E-state index contributed by atoms with van der Waals surface area (Å²) in [7, 11) is -3.36. The molecule has 1 amide bonds. The van der Waals surface area contributed by atoms with Gasteiger partial charge in [0.15, 0.2) is 0 Å². The fourth-order valence-electron chi connectivity index (χ4n) is 3.23. The predicted octanol–water partition coefficient (Wildman–Crippen LogP) is 0.722. The van der Waals surface area contributed by atoms with Crippen LogP contribution in [0, 0.1) is 5.92 Å². The Morgan fingerprint density at radius 1 is 1.28 bits per heavy atom. The molecule has 7 nitrogen and oxygen atoms in total. The number of nitrogens with zero attached hydrogens (tertiary/aromatic N) is 3. The van der Waals surface area contributed by atoms with Crippen LogP contribution in [0.5, 0.6) is 0 Å². The third-order valence-electron chi connectivity index (χ3n) is 4.90. The summed E-state index contributed by atoms with van der Waals surface area (Å²) < 4.78 is 26.7. The average Bonchev–Trinajstić information content (AvgIpc) is 2.59. The van der Waals surface area contributed by atoms with Gasteiger partial charge in [0.1, 0.15) is 5.84 Å². The Balaban J connectivity index is 1.43. The van der Waals surface area contributed by atoms with Crippen molar-refractivity contribution in [2.24, 2.45) is 10.3 Å². The van der Waals surface area contributed by atoms with E-state index < -0.39 is 10.0 Å². The number of carbonyl (C=O) groups excluding carboxylic acids is 1. The molecular formula is C17H26N4O3S. The highest BCUT2D eigenvalue weighted by molar-refractivity contribution is 7.90. The van der Waals surface area contributed by atoms with Gasteiger partial charge in [-0.15, -0.1) is 4.40 Å². The van der Waals surface area contributed by atoms with Crippen LogP contribution >= 0.6 is 0 Å². The van der Waals surface area contributed by atoms with Crippen LogP contribution in [0.3, 0.4) is 0 Å². The van der Waals surface area contributed by atoms with E-state index in [0.29, 0.717) is 24.5 Å². The van der Waals surface area contributed by atoms with Crippen LogP contribution in [0.25, 0.3) is 0 Å². The second-order valence-corrected chi connectivity index (χ2v) is 8.73. The smallest absolute Gasteiger partial charge is 0.256 e. The van der Waals surface area contributed by atoms with Gasteiger partial charge in [-0.1, -0.05) is 6.92 Å². The summed E-state index contributed by atoms with van der Waals surface area (Å²) in [5.41, 5.74) is 0.532. The summed E-state index contributed by atoms with van der Waals surface area (Å²) in [6.07, 6.45) is 8.34. The van der Waals surface area contributed by atoms with Crippen molar-refractivity contribution >= 4 is 21.8 Å². The molecule has 3 rings (SSSR count). The highest BCUT2D eigenvalue weighted by Gasteiger charge is 2.24. The van der Waals surface area contributed by atoms with Gasteiger partial charge in [-0.2, -0.15) is 0 Å². The van der Waals surface area contributed by atoms with Gasteiger partial charge >= 0.3 is 0 Å². The summed E-state index contributed by atoms with van der Waals surface area (Å²) in [4.78, 5) is 16.4. The highest BCUT2D eigenvalue weighted by Crippen LogP contribution is 2.17. The lowest BCUT2D eigenvalue weighted by atomic mass is 9.99. The van der Waals surface area contributed by atoms with Crippen molar-refractivity contribution in [2.45, 2.75) is 26.2 Å². The summed E-state index contributed by atoms with van der Waals surface area (Å²) in [6.45, 7) is 6.60. The molecular weight excluding hydrogens is 340 g/mol. The molecule has 0 radical (unpaired) electrons. The molecule has 1 fully saturated rings. The zero-order chi connectivity index (χ0) is 17.9. The number of amidine groups is 1. The Kier molecular flexibility index (Phi) is 5.58. The second-order valence-electron chi connectivity index (χ2n) is 6.98. The number of sulfonamides is 1. The Morgan fingerprint density at radius 2 is 2.04 bits per heavy atom. The van der Waals surface area contributed by atoms with Gasteiger partial charge in [-0.25, -0.2) is 8.42 Å². The van der Waals surface area contributed by atoms with Gasteiger partial charge in [0.2, 0.25) is 0 Å². The minimum atomic E-state index is -3.36. The van der Waals surface area contributed by atoms with E-state index in [4.69, 9.17) is 0 Å². The van der Waals surface area contributed by atoms with E-state index >= 15 is 0 Å². The van der Waals surface area contributed by atoms with E-state index in [9.17, 15) is 13.2 Å². The number of nitrogens with one attached hydrogen (secondary N) is 1. The predicted molar refractivity (Wildman–Crippen MR) is 97.6 cm³/mol. The number of piperidine rings is 1. The van der Waals surface area contributed by atoms with E-state index in [1.807, 2.05) is 0 Å². The zero-order valence-electron chi connectivity index (χ0n) is 14.6. The fraction of sp³-hybridized carbons (Fsp3) is 0.647. The number of hydrogen-bond acceptors (Lipinski definition) is 5. The number of carbonyl (C=O) groups is 1. The van der Waals surface area contributed by atoms with E-state index in [1.54, 1.807) is 23.3 Å². The molecule has 0 saturated carbocycles. The Bertz CT molecular complexity index is 703. The minimum absolute atomic E-state index is 0.0236. The first-order valence-corrected chi connectivity index (χ1v) is 10.5. The third-order valence-corrected chi connectivity index (χ3v) is 6.06. The maximum Gasteiger partial charge on any atom is 0.256 e. The number of hydrogen-bond donors (Lipinski definition) is 1. The SMILES string of the molecule is CC1CCN(CCCNC(=O)C2=CN3CCS(=O)(=O)N=C3C=C2)CC1. The first-order valence-electron chi connectivity index (χ1n) is 8.93. The lowest BCUT2D eigenvalue weighted by molar-refractivity contribution is -0.117. The lowest BCUT2D eigenvalue weighted by Gasteiger charge is -2.30. The normalized spacial score (nSPS) is 23.6. The maximum atomic E-state index is 12.3. The maximum absolute atomic E-state index is 12.3. The van der Waals surface area contributed by atoms with Crippen LogP contribution in [0.1, 0.15) is 26.2 Å². The summed E-state index contributed by atoms with van der Waals surface area (Å²) in [5.74, 6) is 1.06. The molecule has 3 heterocycles. The van der Waals surface area contributed by atoms with Crippen molar-refractivity contribution in [1.29, 1.82) is 0 Å². The number of likely N-dealkylation sites (tertiary alicyclic amines) is 1. The number of amides is 1. The molecule has 1 N–H and O–H groups in total. The Hall–Kier alpha value is -1.67. The minimum Gasteiger partial charge on any atom is -0.352 e. The number of rotatable bonds is 5.